The number of amides is 1. The fourth-order valence-electron chi connectivity index (χ4n) is 3.00. The van der Waals surface area contributed by atoms with Crippen molar-refractivity contribution < 1.29 is 4.79 Å². The number of hydrogen-bond donors (Lipinski definition) is 2. The number of anilines is 2. The smallest absolute Gasteiger partial charge is 0.258 e. The normalized spacial score (nSPS) is 15.4. The molecule has 0 radical (unpaired) electrons. The minimum Gasteiger partial charge on any atom is -0.351 e. The van der Waals surface area contributed by atoms with E-state index in [0.29, 0.717) is 28.3 Å². The number of benzene rings is 1. The van der Waals surface area contributed by atoms with Crippen molar-refractivity contribution in [2.24, 2.45) is 0 Å². The van der Waals surface area contributed by atoms with Crippen molar-refractivity contribution in [1.29, 1.82) is 0 Å². The van der Waals surface area contributed by atoms with Crippen LogP contribution in [0.25, 0.3) is 0 Å². The Morgan fingerprint density at radius 3 is 2.44 bits per heavy atom. The van der Waals surface area contributed by atoms with Gasteiger partial charge in [-0.2, -0.15) is 0 Å². The van der Waals surface area contributed by atoms with Gasteiger partial charge < -0.3 is 10.6 Å². The summed E-state index contributed by atoms with van der Waals surface area (Å²) in [6, 6.07) is 5.85. The Kier molecular flexibility index (Phi) is 5.87. The van der Waals surface area contributed by atoms with E-state index >= 15 is 0 Å². The maximum Gasteiger partial charge on any atom is 0.258 e. The highest BCUT2D eigenvalue weighted by atomic mass is 35.5. The lowest BCUT2D eigenvalue weighted by Gasteiger charge is -2.15. The van der Waals surface area contributed by atoms with E-state index in [1.54, 1.807) is 18.5 Å². The van der Waals surface area contributed by atoms with Gasteiger partial charge in [-0.1, -0.05) is 43.4 Å². The van der Waals surface area contributed by atoms with Crippen molar-refractivity contribution in [2.45, 2.75) is 51.5 Å². The van der Waals surface area contributed by atoms with Crippen LogP contribution in [0.1, 0.15) is 54.4 Å². The van der Waals surface area contributed by atoms with Crippen LogP contribution in [0, 0.1) is 6.92 Å². The summed E-state index contributed by atoms with van der Waals surface area (Å²) in [4.78, 5) is 20.9. The van der Waals surface area contributed by atoms with Crippen LogP contribution in [0.3, 0.4) is 0 Å². The number of aromatic nitrogens is 2. The zero-order valence-corrected chi connectivity index (χ0v) is 15.1. The van der Waals surface area contributed by atoms with Gasteiger partial charge in [-0.3, -0.25) is 4.79 Å². The third-order valence-corrected chi connectivity index (χ3v) is 4.94. The van der Waals surface area contributed by atoms with Crippen molar-refractivity contribution in [2.75, 3.05) is 10.6 Å². The molecule has 1 heterocycles. The number of aryl methyl sites for hydroxylation is 1. The van der Waals surface area contributed by atoms with Gasteiger partial charge in [0.2, 0.25) is 5.95 Å². The molecule has 3 rings (SSSR count). The monoisotopic (exact) mass is 358 g/mol. The molecule has 0 aliphatic heterocycles. The highest BCUT2D eigenvalue weighted by Gasteiger charge is 2.14. The number of carbonyl (C=O) groups is 1. The zero-order valence-electron chi connectivity index (χ0n) is 14.4. The molecule has 132 valence electrons. The van der Waals surface area contributed by atoms with Gasteiger partial charge in [-0.15, -0.1) is 0 Å². The molecule has 1 amide bonds. The van der Waals surface area contributed by atoms with E-state index in [4.69, 9.17) is 11.6 Å². The van der Waals surface area contributed by atoms with Crippen LogP contribution in [0.2, 0.25) is 5.02 Å². The van der Waals surface area contributed by atoms with Crippen LogP contribution in [0.15, 0.2) is 30.6 Å². The van der Waals surface area contributed by atoms with Crippen molar-refractivity contribution in [1.82, 2.24) is 9.97 Å². The summed E-state index contributed by atoms with van der Waals surface area (Å²) in [5, 5.41) is 6.81. The van der Waals surface area contributed by atoms with Gasteiger partial charge in [0, 0.05) is 29.1 Å². The Balaban J connectivity index is 1.60. The second-order valence-electron chi connectivity index (χ2n) is 6.55. The number of nitrogens with zero attached hydrogens (tertiary/aromatic N) is 2. The average Bonchev–Trinajstić information content (AvgIpc) is 2.87. The summed E-state index contributed by atoms with van der Waals surface area (Å²) >= 11 is 6.08. The summed E-state index contributed by atoms with van der Waals surface area (Å²) < 4.78 is 0. The van der Waals surface area contributed by atoms with Crippen molar-refractivity contribution in [3.05, 3.63) is 46.7 Å². The molecule has 1 aromatic heterocycles. The second kappa shape index (κ2) is 8.30. The Morgan fingerprint density at radius 2 is 1.80 bits per heavy atom. The molecular formula is C19H23ClN4O. The summed E-state index contributed by atoms with van der Waals surface area (Å²) in [7, 11) is 0. The molecule has 1 aliphatic rings. The maximum atomic E-state index is 12.3. The lowest BCUT2D eigenvalue weighted by molar-refractivity contribution is 0.102. The molecule has 1 aliphatic carbocycles. The Labute approximate surface area is 153 Å². The van der Waals surface area contributed by atoms with Gasteiger partial charge in [-0.05, 0) is 37.5 Å². The first-order valence-electron chi connectivity index (χ1n) is 8.78. The van der Waals surface area contributed by atoms with E-state index in [0.717, 1.165) is 18.4 Å². The first-order chi connectivity index (χ1) is 12.1. The van der Waals surface area contributed by atoms with E-state index in [9.17, 15) is 4.79 Å². The number of halogens is 1. The molecule has 25 heavy (non-hydrogen) atoms. The number of nitrogens with one attached hydrogen (secondary N) is 2. The fraction of sp³-hybridized carbons (Fsp3) is 0.421. The number of hydrogen-bond acceptors (Lipinski definition) is 4. The maximum absolute atomic E-state index is 12.3. The lowest BCUT2D eigenvalue weighted by Crippen LogP contribution is -2.20. The van der Waals surface area contributed by atoms with Gasteiger partial charge in [0.25, 0.3) is 5.91 Å². The van der Waals surface area contributed by atoms with Gasteiger partial charge in [0.15, 0.2) is 0 Å². The average molecular weight is 359 g/mol. The van der Waals surface area contributed by atoms with Crippen molar-refractivity contribution in [3.63, 3.8) is 0 Å². The molecule has 0 bridgehead atoms. The Bertz CT molecular complexity index is 725. The van der Waals surface area contributed by atoms with Gasteiger partial charge in [-0.25, -0.2) is 9.97 Å². The Morgan fingerprint density at radius 1 is 1.12 bits per heavy atom. The second-order valence-corrected chi connectivity index (χ2v) is 6.95. The van der Waals surface area contributed by atoms with Crippen LogP contribution in [0.5, 0.6) is 0 Å². The highest BCUT2D eigenvalue weighted by Crippen LogP contribution is 2.21. The molecule has 1 saturated carbocycles. The van der Waals surface area contributed by atoms with Crippen LogP contribution in [-0.2, 0) is 0 Å². The van der Waals surface area contributed by atoms with Gasteiger partial charge in [0.05, 0.1) is 5.56 Å². The van der Waals surface area contributed by atoms with E-state index in [1.165, 1.54) is 25.7 Å². The van der Waals surface area contributed by atoms with Crippen LogP contribution >= 0.6 is 11.6 Å². The summed E-state index contributed by atoms with van der Waals surface area (Å²) in [5.41, 5.74) is 2.04. The van der Waals surface area contributed by atoms with Crippen LogP contribution in [-0.4, -0.2) is 21.9 Å². The Hall–Kier alpha value is -2.14. The summed E-state index contributed by atoms with van der Waals surface area (Å²) in [6.45, 7) is 1.92. The van der Waals surface area contributed by atoms with Crippen molar-refractivity contribution in [3.8, 4) is 0 Å². The van der Waals surface area contributed by atoms with E-state index in [2.05, 4.69) is 20.6 Å². The van der Waals surface area contributed by atoms with Gasteiger partial charge in [0.1, 0.15) is 0 Å². The summed E-state index contributed by atoms with van der Waals surface area (Å²) in [5.74, 6) is 0.336. The molecule has 0 spiro atoms. The fourth-order valence-corrected chi connectivity index (χ4v) is 3.18. The first-order valence-corrected chi connectivity index (χ1v) is 9.16. The van der Waals surface area contributed by atoms with E-state index in [-0.39, 0.29) is 5.91 Å². The molecule has 6 heteroatoms. The third kappa shape index (κ3) is 4.92. The molecule has 0 saturated heterocycles. The predicted molar refractivity (Wildman–Crippen MR) is 101 cm³/mol. The molecule has 2 aromatic rings. The number of rotatable bonds is 4. The first kappa shape index (κ1) is 17.7. The van der Waals surface area contributed by atoms with Crippen LogP contribution in [0.4, 0.5) is 11.6 Å². The minimum absolute atomic E-state index is 0.249. The van der Waals surface area contributed by atoms with E-state index < -0.39 is 0 Å². The quantitative estimate of drug-likeness (QED) is 0.768. The minimum atomic E-state index is -0.249. The molecule has 2 N–H and O–H groups in total. The zero-order chi connectivity index (χ0) is 17.6. The molecule has 0 unspecified atom stereocenters. The predicted octanol–water partition coefficient (Wildman–Crippen LogP) is 4.83. The van der Waals surface area contributed by atoms with Crippen molar-refractivity contribution >= 4 is 29.1 Å². The summed E-state index contributed by atoms with van der Waals surface area (Å²) in [6.07, 6.45) is 10.5. The standard InChI is InChI=1S/C19H23ClN4O/c1-13-8-9-16(10-17(13)20)23-18(25)14-11-21-19(22-12-14)24-15-6-4-2-3-5-7-15/h8-12,15H,2-7H2,1H3,(H,23,25)(H,21,22,24). The van der Waals surface area contributed by atoms with E-state index in [1.807, 2.05) is 19.1 Å². The molecule has 5 nitrogen and oxygen atoms in total. The van der Waals surface area contributed by atoms with Gasteiger partial charge >= 0.3 is 0 Å². The van der Waals surface area contributed by atoms with Crippen LogP contribution < -0.4 is 10.6 Å². The molecule has 1 aromatic carbocycles. The SMILES string of the molecule is Cc1ccc(NC(=O)c2cnc(NC3CCCCCC3)nc2)cc1Cl. The largest absolute Gasteiger partial charge is 0.351 e. The third-order valence-electron chi connectivity index (χ3n) is 4.53. The topological polar surface area (TPSA) is 66.9 Å². The molecule has 0 atom stereocenters. The highest BCUT2D eigenvalue weighted by molar-refractivity contribution is 6.31. The molecular weight excluding hydrogens is 336 g/mol. The number of carbonyl (C=O) groups excluding carboxylic acids is 1. The molecule has 1 fully saturated rings. The lowest BCUT2D eigenvalue weighted by atomic mass is 10.1.